The molecule has 16 heteroatoms. The van der Waals surface area contributed by atoms with Gasteiger partial charge in [-0.2, -0.15) is 18.2 Å². The molecule has 1 fully saturated rings. The third-order valence-corrected chi connectivity index (χ3v) is 8.87. The van der Waals surface area contributed by atoms with Crippen LogP contribution in [0.4, 0.5) is 27.8 Å². The monoisotopic (exact) mass is 648 g/mol. The zero-order chi connectivity index (χ0) is 32.8. The number of anilines is 1. The van der Waals surface area contributed by atoms with Gasteiger partial charge < -0.3 is 9.80 Å². The van der Waals surface area contributed by atoms with Gasteiger partial charge in [0.1, 0.15) is 22.2 Å². The van der Waals surface area contributed by atoms with Crippen LogP contribution < -0.4 is 15.3 Å². The molecule has 1 aliphatic rings. The van der Waals surface area contributed by atoms with Crippen molar-refractivity contribution < 1.29 is 35.2 Å². The van der Waals surface area contributed by atoms with Gasteiger partial charge >= 0.3 is 11.9 Å². The standard InChI is InChI=1S/C29H25F5N6O4S/c1-4-23(41)38-12-13-39(16(2)15-38)26-17-14-20(31)25(24-18(29(32,33)34)8-7-9-19(24)30)36-27(17)40(28(42)37-26)21-10-5-6-11-22(21)45(43,44)35-3/h4-11,14,16,35H,1,12-13,15H2,2-3H3/t16-/m0/s1. The maximum atomic E-state index is 15.9. The van der Waals surface area contributed by atoms with Gasteiger partial charge in [-0.1, -0.05) is 24.8 Å². The minimum Gasteiger partial charge on any atom is -0.350 e. The Morgan fingerprint density at radius 1 is 1.07 bits per heavy atom. The van der Waals surface area contributed by atoms with Crippen molar-refractivity contribution in [3.05, 3.63) is 88.9 Å². The Hall–Kier alpha value is -4.70. The Morgan fingerprint density at radius 2 is 1.78 bits per heavy atom. The van der Waals surface area contributed by atoms with Crippen LogP contribution in [0.25, 0.3) is 28.0 Å². The molecule has 2 aromatic carbocycles. The Kier molecular flexibility index (Phi) is 8.22. The Balaban J connectivity index is 1.87. The van der Waals surface area contributed by atoms with Gasteiger partial charge in [-0.05, 0) is 50.4 Å². The molecule has 0 bridgehead atoms. The van der Waals surface area contributed by atoms with Gasteiger partial charge in [0, 0.05) is 25.7 Å². The number of para-hydroxylation sites is 1. The maximum Gasteiger partial charge on any atom is 0.417 e. The fourth-order valence-corrected chi connectivity index (χ4v) is 6.21. The van der Waals surface area contributed by atoms with Crippen molar-refractivity contribution in [3.63, 3.8) is 0 Å². The molecule has 1 aliphatic heterocycles. The van der Waals surface area contributed by atoms with E-state index in [0.29, 0.717) is 12.1 Å². The smallest absolute Gasteiger partial charge is 0.350 e. The molecule has 4 aromatic rings. The molecule has 236 valence electrons. The summed E-state index contributed by atoms with van der Waals surface area (Å²) in [6.45, 7) is 5.64. The zero-order valence-corrected chi connectivity index (χ0v) is 24.6. The lowest BCUT2D eigenvalue weighted by Crippen LogP contribution is -2.54. The topological polar surface area (TPSA) is 118 Å². The number of aromatic nitrogens is 3. The molecule has 0 radical (unpaired) electrons. The normalized spacial score (nSPS) is 15.8. The highest BCUT2D eigenvalue weighted by atomic mass is 32.2. The lowest BCUT2D eigenvalue weighted by molar-refractivity contribution is -0.137. The van der Waals surface area contributed by atoms with E-state index >= 15 is 8.78 Å². The first-order valence-electron chi connectivity index (χ1n) is 13.4. The lowest BCUT2D eigenvalue weighted by atomic mass is 10.0. The van der Waals surface area contributed by atoms with Crippen LogP contribution in [0, 0.1) is 11.6 Å². The number of halogens is 5. The Bertz CT molecular complexity index is 2020. The number of alkyl halides is 3. The number of hydrogen-bond acceptors (Lipinski definition) is 7. The molecule has 1 saturated heterocycles. The second-order valence-electron chi connectivity index (χ2n) is 10.1. The van der Waals surface area contributed by atoms with Crippen LogP contribution in [-0.2, 0) is 21.0 Å². The molecule has 45 heavy (non-hydrogen) atoms. The largest absolute Gasteiger partial charge is 0.417 e. The maximum absolute atomic E-state index is 15.9. The molecular formula is C29H25F5N6O4S. The molecule has 0 aliphatic carbocycles. The lowest BCUT2D eigenvalue weighted by Gasteiger charge is -2.40. The fourth-order valence-electron chi connectivity index (χ4n) is 5.30. The average Bonchev–Trinajstić information content (AvgIpc) is 3.00. The first kappa shape index (κ1) is 31.7. The number of nitrogens with one attached hydrogen (secondary N) is 1. The number of carbonyl (C=O) groups excluding carboxylic acids is 1. The van der Waals surface area contributed by atoms with E-state index < -0.39 is 66.9 Å². The summed E-state index contributed by atoms with van der Waals surface area (Å²) in [5, 5.41) is -0.173. The molecule has 1 N–H and O–H groups in total. The number of amides is 1. The molecule has 1 atom stereocenters. The minimum atomic E-state index is -5.10. The summed E-state index contributed by atoms with van der Waals surface area (Å²) >= 11 is 0. The summed E-state index contributed by atoms with van der Waals surface area (Å²) in [5.41, 5.74) is -5.61. The zero-order valence-electron chi connectivity index (χ0n) is 23.8. The number of carbonyl (C=O) groups is 1. The van der Waals surface area contributed by atoms with Gasteiger partial charge in [-0.3, -0.25) is 4.79 Å². The van der Waals surface area contributed by atoms with E-state index in [0.717, 1.165) is 29.8 Å². The highest BCUT2D eigenvalue weighted by Crippen LogP contribution is 2.40. The number of pyridine rings is 1. The summed E-state index contributed by atoms with van der Waals surface area (Å²) in [6, 6.07) is 7.58. The summed E-state index contributed by atoms with van der Waals surface area (Å²) in [5.74, 6) is -3.22. The predicted molar refractivity (Wildman–Crippen MR) is 155 cm³/mol. The van der Waals surface area contributed by atoms with Crippen LogP contribution in [-0.4, -0.2) is 66.5 Å². The molecule has 10 nitrogen and oxygen atoms in total. The number of benzene rings is 2. The van der Waals surface area contributed by atoms with Gasteiger partial charge in [0.25, 0.3) is 0 Å². The van der Waals surface area contributed by atoms with Gasteiger partial charge in [0.2, 0.25) is 15.9 Å². The van der Waals surface area contributed by atoms with Crippen molar-refractivity contribution in [2.24, 2.45) is 0 Å². The summed E-state index contributed by atoms with van der Waals surface area (Å²) in [4.78, 5) is 36.9. The molecule has 2 aromatic heterocycles. The van der Waals surface area contributed by atoms with Gasteiger partial charge in [0.05, 0.1) is 22.2 Å². The highest BCUT2D eigenvalue weighted by molar-refractivity contribution is 7.89. The van der Waals surface area contributed by atoms with Crippen molar-refractivity contribution in [1.29, 1.82) is 0 Å². The number of rotatable bonds is 6. The highest BCUT2D eigenvalue weighted by Gasteiger charge is 2.37. The van der Waals surface area contributed by atoms with Crippen LogP contribution in [0.5, 0.6) is 0 Å². The Labute approximate surface area is 253 Å². The van der Waals surface area contributed by atoms with Crippen LogP contribution in [0.3, 0.4) is 0 Å². The van der Waals surface area contributed by atoms with E-state index in [9.17, 15) is 31.2 Å². The van der Waals surface area contributed by atoms with Crippen molar-refractivity contribution in [1.82, 2.24) is 24.2 Å². The quantitative estimate of drug-likeness (QED) is 0.249. The third-order valence-electron chi connectivity index (χ3n) is 7.41. The first-order valence-corrected chi connectivity index (χ1v) is 14.9. The van der Waals surface area contributed by atoms with E-state index in [1.165, 1.54) is 29.2 Å². The van der Waals surface area contributed by atoms with E-state index in [2.05, 4.69) is 21.3 Å². The molecule has 5 rings (SSSR count). The summed E-state index contributed by atoms with van der Waals surface area (Å²) in [6.07, 6.45) is -3.96. The van der Waals surface area contributed by atoms with E-state index in [-0.39, 0.29) is 42.4 Å². The SMILES string of the molecule is C=CC(=O)N1CCN(c2nc(=O)n(-c3ccccc3S(=O)(=O)NC)c3nc(-c4c(F)cccc4C(F)(F)F)c(F)cc23)[C@@H](C)C1. The van der Waals surface area contributed by atoms with Gasteiger partial charge in [0.15, 0.2) is 11.5 Å². The van der Waals surface area contributed by atoms with Gasteiger partial charge in [-0.15, -0.1) is 0 Å². The van der Waals surface area contributed by atoms with Crippen molar-refractivity contribution >= 4 is 32.8 Å². The minimum absolute atomic E-state index is 0.110. The molecule has 3 heterocycles. The molecule has 0 spiro atoms. The molecule has 0 unspecified atom stereocenters. The summed E-state index contributed by atoms with van der Waals surface area (Å²) < 4.78 is 101. The fraction of sp³-hybridized carbons (Fsp3) is 0.241. The second kappa shape index (κ2) is 11.7. The second-order valence-corrected chi connectivity index (χ2v) is 12.0. The molecule has 1 amide bonds. The van der Waals surface area contributed by atoms with E-state index in [4.69, 9.17) is 0 Å². The Morgan fingerprint density at radius 3 is 2.42 bits per heavy atom. The molecule has 0 saturated carbocycles. The number of piperazine rings is 1. The number of fused-ring (bicyclic) bond motifs is 1. The summed E-state index contributed by atoms with van der Waals surface area (Å²) in [7, 11) is -3.09. The number of nitrogens with zero attached hydrogens (tertiary/aromatic N) is 5. The van der Waals surface area contributed by atoms with Crippen molar-refractivity contribution in [3.8, 4) is 16.9 Å². The van der Waals surface area contributed by atoms with Crippen molar-refractivity contribution in [2.45, 2.75) is 24.0 Å². The van der Waals surface area contributed by atoms with Crippen LogP contribution in [0.2, 0.25) is 0 Å². The van der Waals surface area contributed by atoms with E-state index in [1.54, 1.807) is 11.8 Å². The number of hydrogen-bond donors (Lipinski definition) is 1. The van der Waals surface area contributed by atoms with Crippen molar-refractivity contribution in [2.75, 3.05) is 31.6 Å². The van der Waals surface area contributed by atoms with Crippen LogP contribution in [0.15, 0.2) is 70.9 Å². The van der Waals surface area contributed by atoms with Crippen LogP contribution in [0.1, 0.15) is 12.5 Å². The molecular weight excluding hydrogens is 623 g/mol. The average molecular weight is 649 g/mol. The number of sulfonamides is 1. The van der Waals surface area contributed by atoms with E-state index in [1.807, 2.05) is 0 Å². The predicted octanol–water partition coefficient (Wildman–Crippen LogP) is 3.88. The first-order chi connectivity index (χ1) is 21.2. The third kappa shape index (κ3) is 5.66. The van der Waals surface area contributed by atoms with Crippen LogP contribution >= 0.6 is 0 Å². The van der Waals surface area contributed by atoms with Gasteiger partial charge in [-0.25, -0.2) is 36.3 Å².